The lowest BCUT2D eigenvalue weighted by Gasteiger charge is -2.34. The van der Waals surface area contributed by atoms with Crippen LogP contribution in [0.5, 0.6) is 0 Å². The Morgan fingerprint density at radius 3 is 2.73 bits per heavy atom. The Labute approximate surface area is 65.3 Å². The predicted octanol–water partition coefficient (Wildman–Crippen LogP) is -0.176. The van der Waals surface area contributed by atoms with Gasteiger partial charge in [0.2, 0.25) is 5.91 Å². The van der Waals surface area contributed by atoms with Crippen LogP contribution >= 0.6 is 0 Å². The maximum absolute atomic E-state index is 13.1. The Balaban J connectivity index is 2.16. The molecule has 1 fully saturated rings. The van der Waals surface area contributed by atoms with Crippen LogP contribution in [0.1, 0.15) is 13.3 Å². The SMILES string of the molecule is CCC(=O)NCC1(F)CNC1. The molecule has 0 saturated carbocycles. The van der Waals surface area contributed by atoms with Crippen LogP contribution in [0.2, 0.25) is 0 Å². The van der Waals surface area contributed by atoms with E-state index in [0.29, 0.717) is 19.5 Å². The fraction of sp³-hybridized carbons (Fsp3) is 0.857. The molecule has 0 atom stereocenters. The van der Waals surface area contributed by atoms with Crippen molar-refractivity contribution in [1.29, 1.82) is 0 Å². The Morgan fingerprint density at radius 1 is 1.73 bits per heavy atom. The second-order valence-electron chi connectivity index (χ2n) is 2.88. The van der Waals surface area contributed by atoms with Crippen molar-refractivity contribution in [3.63, 3.8) is 0 Å². The summed E-state index contributed by atoms with van der Waals surface area (Å²) in [7, 11) is 0. The lowest BCUT2D eigenvalue weighted by atomic mass is 10.00. The second kappa shape index (κ2) is 3.17. The Bertz CT molecular complexity index is 157. The summed E-state index contributed by atoms with van der Waals surface area (Å²) < 4.78 is 13.1. The highest BCUT2D eigenvalue weighted by atomic mass is 19.1. The van der Waals surface area contributed by atoms with Crippen LogP contribution in [-0.2, 0) is 4.79 Å². The van der Waals surface area contributed by atoms with E-state index in [4.69, 9.17) is 0 Å². The molecule has 0 radical (unpaired) electrons. The third kappa shape index (κ3) is 2.15. The van der Waals surface area contributed by atoms with Gasteiger partial charge in [-0.25, -0.2) is 4.39 Å². The van der Waals surface area contributed by atoms with Crippen molar-refractivity contribution in [3.05, 3.63) is 0 Å². The topological polar surface area (TPSA) is 41.1 Å². The molecule has 0 bridgehead atoms. The Morgan fingerprint density at radius 2 is 2.36 bits per heavy atom. The molecule has 0 aromatic heterocycles. The maximum Gasteiger partial charge on any atom is 0.219 e. The van der Waals surface area contributed by atoms with E-state index < -0.39 is 5.67 Å². The van der Waals surface area contributed by atoms with Gasteiger partial charge in [-0.15, -0.1) is 0 Å². The van der Waals surface area contributed by atoms with Crippen LogP contribution in [0.25, 0.3) is 0 Å². The van der Waals surface area contributed by atoms with Gasteiger partial charge >= 0.3 is 0 Å². The van der Waals surface area contributed by atoms with Gasteiger partial charge in [0.1, 0.15) is 0 Å². The first-order chi connectivity index (χ1) is 5.16. The van der Waals surface area contributed by atoms with Crippen LogP contribution in [0, 0.1) is 0 Å². The highest BCUT2D eigenvalue weighted by Gasteiger charge is 2.36. The van der Waals surface area contributed by atoms with E-state index in [1.165, 1.54) is 0 Å². The second-order valence-corrected chi connectivity index (χ2v) is 2.88. The van der Waals surface area contributed by atoms with Crippen LogP contribution in [0.4, 0.5) is 4.39 Å². The Hall–Kier alpha value is -0.640. The Kier molecular flexibility index (Phi) is 2.44. The van der Waals surface area contributed by atoms with Gasteiger partial charge in [-0.2, -0.15) is 0 Å². The third-order valence-corrected chi connectivity index (χ3v) is 1.81. The molecule has 11 heavy (non-hydrogen) atoms. The van der Waals surface area contributed by atoms with Crippen molar-refractivity contribution in [1.82, 2.24) is 10.6 Å². The van der Waals surface area contributed by atoms with Crippen LogP contribution in [0.3, 0.4) is 0 Å². The number of carbonyl (C=O) groups excluding carboxylic acids is 1. The molecule has 64 valence electrons. The molecule has 2 N–H and O–H groups in total. The number of amides is 1. The molecule has 0 aromatic rings. The summed E-state index contributed by atoms with van der Waals surface area (Å²) in [6.45, 7) is 2.61. The number of nitrogens with one attached hydrogen (secondary N) is 2. The average Bonchev–Trinajstić information content (AvgIpc) is 1.96. The van der Waals surface area contributed by atoms with Crippen molar-refractivity contribution in [2.24, 2.45) is 0 Å². The van der Waals surface area contributed by atoms with Gasteiger partial charge in [-0.1, -0.05) is 6.92 Å². The maximum atomic E-state index is 13.1. The summed E-state index contributed by atoms with van der Waals surface area (Å²) in [6.07, 6.45) is 0.420. The number of rotatable bonds is 3. The summed E-state index contributed by atoms with van der Waals surface area (Å²) >= 11 is 0. The molecule has 4 heteroatoms. The van der Waals surface area contributed by atoms with Gasteiger partial charge in [-0.3, -0.25) is 4.79 Å². The quantitative estimate of drug-likeness (QED) is 0.601. The van der Waals surface area contributed by atoms with Crippen LogP contribution < -0.4 is 10.6 Å². The first kappa shape index (κ1) is 8.46. The molecule has 1 aliphatic rings. The first-order valence-corrected chi connectivity index (χ1v) is 3.83. The van der Waals surface area contributed by atoms with Gasteiger partial charge in [0.05, 0.1) is 6.54 Å². The minimum atomic E-state index is -1.19. The number of alkyl halides is 1. The van der Waals surface area contributed by atoms with Crippen molar-refractivity contribution in [2.45, 2.75) is 19.0 Å². The van der Waals surface area contributed by atoms with Crippen LogP contribution in [0.15, 0.2) is 0 Å². The van der Waals surface area contributed by atoms with Gasteiger partial charge < -0.3 is 10.6 Å². The number of carbonyl (C=O) groups is 1. The summed E-state index contributed by atoms with van der Waals surface area (Å²) in [6, 6.07) is 0. The number of halogens is 1. The average molecular weight is 160 g/mol. The van der Waals surface area contributed by atoms with E-state index in [1.54, 1.807) is 6.92 Å². The smallest absolute Gasteiger partial charge is 0.219 e. The molecule has 0 aliphatic carbocycles. The minimum Gasteiger partial charge on any atom is -0.353 e. The zero-order valence-corrected chi connectivity index (χ0v) is 6.61. The van der Waals surface area contributed by atoms with E-state index in [2.05, 4.69) is 10.6 Å². The van der Waals surface area contributed by atoms with Crippen molar-refractivity contribution >= 4 is 5.91 Å². The summed E-state index contributed by atoms with van der Waals surface area (Å²) in [4.78, 5) is 10.7. The molecule has 1 saturated heterocycles. The molecule has 1 aliphatic heterocycles. The van der Waals surface area contributed by atoms with Crippen LogP contribution in [-0.4, -0.2) is 31.2 Å². The molecule has 1 amide bonds. The van der Waals surface area contributed by atoms with E-state index in [-0.39, 0.29) is 12.5 Å². The molecule has 1 rings (SSSR count). The van der Waals surface area contributed by atoms with Gasteiger partial charge in [-0.05, 0) is 0 Å². The fourth-order valence-electron chi connectivity index (χ4n) is 0.903. The number of hydrogen-bond donors (Lipinski definition) is 2. The first-order valence-electron chi connectivity index (χ1n) is 3.83. The summed E-state index contributed by atoms with van der Waals surface area (Å²) in [5.41, 5.74) is -1.19. The third-order valence-electron chi connectivity index (χ3n) is 1.81. The lowest BCUT2D eigenvalue weighted by Crippen LogP contribution is -2.61. The van der Waals surface area contributed by atoms with E-state index >= 15 is 0 Å². The van der Waals surface area contributed by atoms with E-state index in [1.807, 2.05) is 0 Å². The highest BCUT2D eigenvalue weighted by molar-refractivity contribution is 5.75. The number of hydrogen-bond acceptors (Lipinski definition) is 2. The zero-order chi connectivity index (χ0) is 8.32. The molecule has 1 heterocycles. The minimum absolute atomic E-state index is 0.0890. The van der Waals surface area contributed by atoms with Gasteiger partial charge in [0.15, 0.2) is 5.67 Å². The molecule has 3 nitrogen and oxygen atoms in total. The fourth-order valence-corrected chi connectivity index (χ4v) is 0.903. The molecule has 0 aromatic carbocycles. The van der Waals surface area contributed by atoms with Gasteiger partial charge in [0, 0.05) is 19.5 Å². The summed E-state index contributed by atoms with van der Waals surface area (Å²) in [5, 5.41) is 5.34. The van der Waals surface area contributed by atoms with Crippen molar-refractivity contribution in [2.75, 3.05) is 19.6 Å². The molecular weight excluding hydrogens is 147 g/mol. The zero-order valence-electron chi connectivity index (χ0n) is 6.61. The standard InChI is InChI=1S/C7H13FN2O/c1-2-6(11)10-5-7(8)3-9-4-7/h9H,2-5H2,1H3,(H,10,11). The van der Waals surface area contributed by atoms with Crippen molar-refractivity contribution < 1.29 is 9.18 Å². The lowest BCUT2D eigenvalue weighted by molar-refractivity contribution is -0.121. The normalized spacial score (nSPS) is 20.5. The van der Waals surface area contributed by atoms with Gasteiger partial charge in [0.25, 0.3) is 0 Å². The molecular formula is C7H13FN2O. The monoisotopic (exact) mass is 160 g/mol. The molecule has 0 spiro atoms. The van der Waals surface area contributed by atoms with E-state index in [9.17, 15) is 9.18 Å². The largest absolute Gasteiger partial charge is 0.353 e. The highest BCUT2D eigenvalue weighted by Crippen LogP contribution is 2.14. The summed E-state index contributed by atoms with van der Waals surface area (Å²) in [5.74, 6) is -0.0890. The van der Waals surface area contributed by atoms with E-state index in [0.717, 1.165) is 0 Å². The molecule has 0 unspecified atom stereocenters. The van der Waals surface area contributed by atoms with Crippen molar-refractivity contribution in [3.8, 4) is 0 Å². The predicted molar refractivity (Wildman–Crippen MR) is 40.0 cm³/mol.